The van der Waals surface area contributed by atoms with Gasteiger partial charge in [-0.15, -0.1) is 0 Å². The molecule has 10 heteroatoms. The fraction of sp³-hybridized carbons (Fsp3) is 0.500. The number of likely N-dealkylation sites (N-methyl/N-ethyl adjacent to an activating group) is 1. The van der Waals surface area contributed by atoms with Crippen molar-refractivity contribution >= 4 is 11.5 Å². The number of pyridine rings is 1. The summed E-state index contributed by atoms with van der Waals surface area (Å²) in [7, 11) is 2.14. The van der Waals surface area contributed by atoms with E-state index in [0.29, 0.717) is 29.7 Å². The Bertz CT molecular complexity index is 1030. The maximum absolute atomic E-state index is 13.4. The summed E-state index contributed by atoms with van der Waals surface area (Å²) in [6.07, 6.45) is 5.16. The fourth-order valence-corrected chi connectivity index (χ4v) is 4.80. The van der Waals surface area contributed by atoms with Crippen LogP contribution < -0.4 is 11.0 Å². The first-order valence-corrected chi connectivity index (χ1v) is 11.7. The molecule has 0 spiro atoms. The molecule has 0 unspecified atom stereocenters. The van der Waals surface area contributed by atoms with Gasteiger partial charge in [0.15, 0.2) is 5.70 Å². The van der Waals surface area contributed by atoms with Gasteiger partial charge in [0.2, 0.25) is 0 Å². The maximum Gasteiger partial charge on any atom is 0.433 e. The van der Waals surface area contributed by atoms with E-state index in [0.717, 1.165) is 57.3 Å². The average Bonchev–Trinajstić information content (AvgIpc) is 3.60. The standard InChI is InChI=1S/C24H29F3N6O/c1-31-9-11-32(12-10-31)15-23(7-8-23)16-33-22(34)19-13-17(3-2-4-20(19)29-30-33)18-5-6-21(28-14-18)24(25,26)27/h3-6,13-14,29-30H,2,7-12,15-16H2,1H3/p+1. The number of nitrogens with two attached hydrogens (primary N) is 1. The lowest BCUT2D eigenvalue weighted by Crippen LogP contribution is -2.97. The largest absolute Gasteiger partial charge is 0.433 e. The lowest BCUT2D eigenvalue weighted by Gasteiger charge is -2.37. The number of fused-ring (bicyclic) bond motifs is 1. The molecule has 2 aliphatic heterocycles. The second-order valence-corrected chi connectivity index (χ2v) is 9.79. The van der Waals surface area contributed by atoms with E-state index in [2.05, 4.69) is 27.4 Å². The SMILES string of the molecule is CN1CCN(CC2(CN3N[NH2+]C4=CCC=C(c5ccc(C(F)(F)F)nc5)C=C4C3=O)CC2)CC1. The zero-order valence-electron chi connectivity index (χ0n) is 19.2. The molecule has 3 fully saturated rings. The van der Waals surface area contributed by atoms with Gasteiger partial charge in [-0.2, -0.15) is 13.2 Å². The number of hydrazine groups is 1. The number of alkyl halides is 3. The number of hydrogen-bond donors (Lipinski definition) is 2. The van der Waals surface area contributed by atoms with Gasteiger partial charge < -0.3 is 9.80 Å². The van der Waals surface area contributed by atoms with E-state index in [1.54, 1.807) is 11.1 Å². The van der Waals surface area contributed by atoms with Crippen LogP contribution in [0.25, 0.3) is 5.57 Å². The van der Waals surface area contributed by atoms with Crippen molar-refractivity contribution in [1.82, 2.24) is 25.3 Å². The minimum atomic E-state index is -4.48. The Labute approximate surface area is 196 Å². The van der Waals surface area contributed by atoms with Crippen LogP contribution in [0.3, 0.4) is 0 Å². The molecule has 182 valence electrons. The molecular weight excluding hydrogens is 445 g/mol. The first kappa shape index (κ1) is 23.2. The van der Waals surface area contributed by atoms with Crippen molar-refractivity contribution in [2.24, 2.45) is 5.41 Å². The first-order chi connectivity index (χ1) is 16.2. The van der Waals surface area contributed by atoms with Crippen LogP contribution in [0.1, 0.15) is 30.5 Å². The van der Waals surface area contributed by atoms with Crippen LogP contribution >= 0.6 is 0 Å². The third-order valence-corrected chi connectivity index (χ3v) is 7.13. The molecule has 5 rings (SSSR count). The first-order valence-electron chi connectivity index (χ1n) is 11.7. The number of halogens is 3. The van der Waals surface area contributed by atoms with Crippen LogP contribution in [-0.2, 0) is 11.0 Å². The molecule has 2 aliphatic carbocycles. The number of piperazine rings is 1. The second kappa shape index (κ2) is 8.92. The molecular formula is C24H30F3N6O+. The Morgan fingerprint density at radius 1 is 1.12 bits per heavy atom. The number of quaternary nitrogens is 1. The van der Waals surface area contributed by atoms with Gasteiger partial charge in [0.25, 0.3) is 5.91 Å². The number of carbonyl (C=O) groups is 1. The summed E-state index contributed by atoms with van der Waals surface area (Å²) in [5.41, 5.74) is 6.83. The molecule has 1 saturated carbocycles. The Hall–Kier alpha value is -2.53. The summed E-state index contributed by atoms with van der Waals surface area (Å²) in [6.45, 7) is 5.88. The lowest BCUT2D eigenvalue weighted by molar-refractivity contribution is -0.691. The molecule has 1 amide bonds. The Morgan fingerprint density at radius 2 is 1.88 bits per heavy atom. The number of carbonyl (C=O) groups excluding carboxylic acids is 1. The minimum Gasteiger partial charge on any atom is -0.304 e. The van der Waals surface area contributed by atoms with E-state index in [-0.39, 0.29) is 11.3 Å². The molecule has 3 heterocycles. The highest BCUT2D eigenvalue weighted by Gasteiger charge is 2.48. The van der Waals surface area contributed by atoms with Crippen molar-refractivity contribution in [3.63, 3.8) is 0 Å². The molecule has 0 aromatic carbocycles. The fourth-order valence-electron chi connectivity index (χ4n) is 4.80. The van der Waals surface area contributed by atoms with Crippen molar-refractivity contribution in [2.45, 2.75) is 25.4 Å². The smallest absolute Gasteiger partial charge is 0.304 e. The highest BCUT2D eigenvalue weighted by atomic mass is 19.4. The summed E-state index contributed by atoms with van der Waals surface area (Å²) in [4.78, 5) is 21.9. The van der Waals surface area contributed by atoms with Gasteiger partial charge in [-0.3, -0.25) is 9.78 Å². The van der Waals surface area contributed by atoms with E-state index >= 15 is 0 Å². The van der Waals surface area contributed by atoms with Gasteiger partial charge >= 0.3 is 6.18 Å². The third kappa shape index (κ3) is 4.95. The highest BCUT2D eigenvalue weighted by Crippen LogP contribution is 2.47. The molecule has 0 bridgehead atoms. The summed E-state index contributed by atoms with van der Waals surface area (Å²) in [5.74, 6) is -0.105. The van der Waals surface area contributed by atoms with Crippen LogP contribution in [0.4, 0.5) is 13.2 Å². The van der Waals surface area contributed by atoms with E-state index in [1.807, 2.05) is 17.6 Å². The maximum atomic E-state index is 13.4. The molecule has 1 aromatic rings. The third-order valence-electron chi connectivity index (χ3n) is 7.13. The van der Waals surface area contributed by atoms with Gasteiger partial charge in [0.05, 0.1) is 0 Å². The van der Waals surface area contributed by atoms with Crippen LogP contribution in [0.15, 0.2) is 47.8 Å². The van der Waals surface area contributed by atoms with Crippen molar-refractivity contribution in [1.29, 1.82) is 0 Å². The predicted molar refractivity (Wildman–Crippen MR) is 120 cm³/mol. The monoisotopic (exact) mass is 475 g/mol. The van der Waals surface area contributed by atoms with Gasteiger partial charge in [-0.1, -0.05) is 17.7 Å². The summed E-state index contributed by atoms with van der Waals surface area (Å²) in [5, 5.41) is 1.69. The topological polar surface area (TPSA) is 68.3 Å². The van der Waals surface area contributed by atoms with E-state index in [4.69, 9.17) is 0 Å². The van der Waals surface area contributed by atoms with Crippen molar-refractivity contribution in [3.05, 3.63) is 59.1 Å². The van der Waals surface area contributed by atoms with Crippen molar-refractivity contribution in [2.75, 3.05) is 46.3 Å². The highest BCUT2D eigenvalue weighted by molar-refractivity contribution is 6.00. The number of allylic oxidation sites excluding steroid dienone is 4. The normalized spacial score (nSPS) is 23.6. The summed E-state index contributed by atoms with van der Waals surface area (Å²) < 4.78 is 38.7. The number of nitrogens with zero attached hydrogens (tertiary/aromatic N) is 4. The van der Waals surface area contributed by atoms with Crippen LogP contribution in [-0.4, -0.2) is 72.0 Å². The van der Waals surface area contributed by atoms with Gasteiger partial charge in [-0.05, 0) is 55.7 Å². The summed E-state index contributed by atoms with van der Waals surface area (Å²) >= 11 is 0. The van der Waals surface area contributed by atoms with E-state index in [1.165, 1.54) is 12.3 Å². The zero-order chi connectivity index (χ0) is 23.9. The van der Waals surface area contributed by atoms with E-state index < -0.39 is 11.9 Å². The van der Waals surface area contributed by atoms with Crippen LogP contribution in [0.2, 0.25) is 0 Å². The zero-order valence-corrected chi connectivity index (χ0v) is 19.2. The van der Waals surface area contributed by atoms with Gasteiger partial charge in [-0.25, -0.2) is 10.4 Å². The number of amides is 1. The second-order valence-electron chi connectivity index (χ2n) is 9.79. The number of hydrogen-bond acceptors (Lipinski definition) is 5. The Balaban J connectivity index is 1.30. The van der Waals surface area contributed by atoms with E-state index in [9.17, 15) is 18.0 Å². The molecule has 0 atom stereocenters. The molecule has 0 radical (unpaired) electrons. The van der Waals surface area contributed by atoms with Crippen molar-refractivity contribution in [3.8, 4) is 0 Å². The molecule has 34 heavy (non-hydrogen) atoms. The summed E-state index contributed by atoms with van der Waals surface area (Å²) in [6, 6.07) is 2.39. The molecule has 1 aromatic heterocycles. The van der Waals surface area contributed by atoms with Crippen LogP contribution in [0.5, 0.6) is 0 Å². The Morgan fingerprint density at radius 3 is 2.53 bits per heavy atom. The molecule has 4 aliphatic rings. The molecule has 7 nitrogen and oxygen atoms in total. The predicted octanol–water partition coefficient (Wildman–Crippen LogP) is 1.55. The number of rotatable bonds is 5. The lowest BCUT2D eigenvalue weighted by atomic mass is 10.0. The van der Waals surface area contributed by atoms with Crippen molar-refractivity contribution < 1.29 is 23.4 Å². The average molecular weight is 476 g/mol. The minimum absolute atomic E-state index is 0.105. The Kier molecular flexibility index (Phi) is 6.09. The van der Waals surface area contributed by atoms with Gasteiger partial charge in [0.1, 0.15) is 11.3 Å². The van der Waals surface area contributed by atoms with Crippen LogP contribution in [0, 0.1) is 5.41 Å². The van der Waals surface area contributed by atoms with Gasteiger partial charge in [0, 0.05) is 50.9 Å². The molecule has 3 N–H and O–H groups in total. The molecule has 2 saturated heterocycles. The quantitative estimate of drug-likeness (QED) is 0.633. The number of nitrogens with one attached hydrogen (secondary N) is 1. The number of aromatic nitrogens is 1.